The fraction of sp³-hybridized carbons (Fsp3) is 0.458. The Morgan fingerprint density at radius 2 is 1.61 bits per heavy atom. The Morgan fingerprint density at radius 3 is 2.26 bits per heavy atom. The summed E-state index contributed by atoms with van der Waals surface area (Å²) in [5.74, 6) is 0.368. The summed E-state index contributed by atoms with van der Waals surface area (Å²) in [6.07, 6.45) is 1.73. The van der Waals surface area contributed by atoms with E-state index in [4.69, 9.17) is 14.6 Å². The maximum atomic E-state index is 12.7. The van der Waals surface area contributed by atoms with Gasteiger partial charge in [-0.1, -0.05) is 0 Å². The zero-order valence-corrected chi connectivity index (χ0v) is 18.5. The van der Waals surface area contributed by atoms with Crippen LogP contribution in [0.4, 0.5) is 0 Å². The summed E-state index contributed by atoms with van der Waals surface area (Å²) in [4.78, 5) is 38.5. The van der Waals surface area contributed by atoms with Gasteiger partial charge in [-0.2, -0.15) is 0 Å². The Balaban J connectivity index is 1.60. The number of piperidine rings is 1. The van der Waals surface area contributed by atoms with Crippen molar-refractivity contribution in [2.75, 3.05) is 13.1 Å². The van der Waals surface area contributed by atoms with Gasteiger partial charge < -0.3 is 19.5 Å². The van der Waals surface area contributed by atoms with Crippen molar-refractivity contribution in [3.05, 3.63) is 44.5 Å². The van der Waals surface area contributed by atoms with Gasteiger partial charge in [-0.25, -0.2) is 4.79 Å². The van der Waals surface area contributed by atoms with Crippen molar-refractivity contribution in [3.8, 4) is 0 Å². The van der Waals surface area contributed by atoms with E-state index in [1.807, 2.05) is 33.8 Å². The lowest BCUT2D eigenvalue weighted by atomic mass is 9.95. The van der Waals surface area contributed by atoms with Crippen LogP contribution in [0.2, 0.25) is 0 Å². The van der Waals surface area contributed by atoms with Crippen molar-refractivity contribution >= 4 is 33.8 Å². The van der Waals surface area contributed by atoms with Crippen LogP contribution >= 0.6 is 0 Å². The van der Waals surface area contributed by atoms with Gasteiger partial charge in [0.05, 0.1) is 0 Å². The van der Waals surface area contributed by atoms with Gasteiger partial charge in [0.25, 0.3) is 0 Å². The van der Waals surface area contributed by atoms with Crippen LogP contribution in [0.3, 0.4) is 0 Å². The molecular weight excluding hydrogens is 396 g/mol. The Bertz CT molecular complexity index is 1260. The van der Waals surface area contributed by atoms with Crippen molar-refractivity contribution in [1.29, 1.82) is 0 Å². The number of amides is 2. The topological polar surface area (TPSA) is 107 Å². The summed E-state index contributed by atoms with van der Waals surface area (Å²) in [6, 6.07) is 2.02. The molecule has 0 unspecified atom stereocenters. The number of fused-ring (bicyclic) bond motifs is 2. The van der Waals surface area contributed by atoms with Gasteiger partial charge in [-0.15, -0.1) is 0 Å². The molecule has 0 saturated carbocycles. The molecule has 3 aromatic rings. The second-order valence-electron chi connectivity index (χ2n) is 8.59. The van der Waals surface area contributed by atoms with E-state index in [0.717, 1.165) is 38.8 Å². The number of nitrogens with two attached hydrogens (primary N) is 1. The molecule has 0 radical (unpaired) electrons. The highest BCUT2D eigenvalue weighted by Crippen LogP contribution is 2.34. The van der Waals surface area contributed by atoms with E-state index in [-0.39, 0.29) is 24.2 Å². The van der Waals surface area contributed by atoms with E-state index >= 15 is 0 Å². The van der Waals surface area contributed by atoms with Crippen LogP contribution < -0.4 is 11.4 Å². The Hall–Kier alpha value is -3.09. The zero-order valence-electron chi connectivity index (χ0n) is 18.5. The molecule has 3 heterocycles. The standard InChI is InChI=1S/C24H28N2O5/c1-12-15(4)30-21-14(3)22-19(11-18(12)21)13(2)17(24(29)31-22)5-6-20(27)26-9-7-16(8-10-26)23(25)28/h11,16H,5-10H2,1-4H3,(H2,25,28). The molecule has 1 fully saturated rings. The molecule has 1 aliphatic rings. The van der Waals surface area contributed by atoms with E-state index in [0.29, 0.717) is 43.5 Å². The number of hydrogen-bond acceptors (Lipinski definition) is 5. The lowest BCUT2D eigenvalue weighted by molar-refractivity contribution is -0.134. The monoisotopic (exact) mass is 424 g/mol. The summed E-state index contributed by atoms with van der Waals surface area (Å²) < 4.78 is 11.6. The maximum absolute atomic E-state index is 12.7. The second kappa shape index (κ2) is 7.87. The number of rotatable bonds is 4. The third-order valence-corrected chi connectivity index (χ3v) is 6.78. The maximum Gasteiger partial charge on any atom is 0.339 e. The van der Waals surface area contributed by atoms with Crippen molar-refractivity contribution in [1.82, 2.24) is 4.90 Å². The van der Waals surface area contributed by atoms with Crippen molar-refractivity contribution in [2.45, 2.75) is 53.4 Å². The largest absolute Gasteiger partial charge is 0.461 e. The number of hydrogen-bond donors (Lipinski definition) is 1. The van der Waals surface area contributed by atoms with E-state index in [2.05, 4.69) is 0 Å². The van der Waals surface area contributed by atoms with E-state index in [1.165, 1.54) is 0 Å². The van der Waals surface area contributed by atoms with Crippen molar-refractivity contribution < 1.29 is 18.4 Å². The van der Waals surface area contributed by atoms with Gasteiger partial charge in [-0.3, -0.25) is 9.59 Å². The van der Waals surface area contributed by atoms with Gasteiger partial charge in [0.2, 0.25) is 11.8 Å². The molecular formula is C24H28N2O5. The fourth-order valence-electron chi connectivity index (χ4n) is 4.58. The number of carbonyl (C=O) groups is 2. The number of primary amides is 1. The molecule has 2 N–H and O–H groups in total. The molecule has 164 valence electrons. The summed E-state index contributed by atoms with van der Waals surface area (Å²) in [7, 11) is 0. The summed E-state index contributed by atoms with van der Waals surface area (Å²) in [6.45, 7) is 8.79. The van der Waals surface area contributed by atoms with Crippen LogP contribution in [0.1, 0.15) is 47.3 Å². The lowest BCUT2D eigenvalue weighted by Crippen LogP contribution is -2.41. The first-order valence-electron chi connectivity index (χ1n) is 10.7. The molecule has 1 aliphatic heterocycles. The number of likely N-dealkylation sites (tertiary alicyclic amines) is 1. The van der Waals surface area contributed by atoms with Crippen LogP contribution in [-0.2, 0) is 16.0 Å². The first kappa shape index (κ1) is 21.2. The van der Waals surface area contributed by atoms with Crippen molar-refractivity contribution in [2.24, 2.45) is 11.7 Å². The first-order chi connectivity index (χ1) is 14.7. The number of benzene rings is 1. The number of carbonyl (C=O) groups excluding carboxylic acids is 2. The normalized spacial score (nSPS) is 15.2. The minimum Gasteiger partial charge on any atom is -0.461 e. The van der Waals surface area contributed by atoms with E-state index < -0.39 is 5.63 Å². The van der Waals surface area contributed by atoms with Crippen LogP contribution in [0, 0.1) is 33.6 Å². The Labute approximate surface area is 180 Å². The van der Waals surface area contributed by atoms with Crippen molar-refractivity contribution in [3.63, 3.8) is 0 Å². The van der Waals surface area contributed by atoms with Crippen LogP contribution in [0.25, 0.3) is 21.9 Å². The van der Waals surface area contributed by atoms with Gasteiger partial charge >= 0.3 is 5.63 Å². The molecule has 0 spiro atoms. The molecule has 0 bridgehead atoms. The highest BCUT2D eigenvalue weighted by atomic mass is 16.4. The molecule has 0 aliphatic carbocycles. The van der Waals surface area contributed by atoms with E-state index in [9.17, 15) is 14.4 Å². The minimum atomic E-state index is -0.410. The molecule has 7 heteroatoms. The summed E-state index contributed by atoms with van der Waals surface area (Å²) in [5.41, 5.74) is 9.49. The average Bonchev–Trinajstić information content (AvgIpc) is 3.03. The number of aryl methyl sites for hydroxylation is 4. The van der Waals surface area contributed by atoms with E-state index in [1.54, 1.807) is 4.90 Å². The third kappa shape index (κ3) is 3.62. The van der Waals surface area contributed by atoms with Crippen LogP contribution in [-0.4, -0.2) is 29.8 Å². The molecule has 31 heavy (non-hydrogen) atoms. The highest BCUT2D eigenvalue weighted by Gasteiger charge is 2.26. The fourth-order valence-corrected chi connectivity index (χ4v) is 4.58. The molecule has 4 rings (SSSR count). The number of nitrogens with zero attached hydrogens (tertiary/aromatic N) is 1. The van der Waals surface area contributed by atoms with Crippen LogP contribution in [0.15, 0.2) is 19.7 Å². The SMILES string of the molecule is Cc1oc2c(C)c3oc(=O)c(CCC(=O)N4CCC(C(N)=O)CC4)c(C)c3cc2c1C. The molecule has 0 atom stereocenters. The van der Waals surface area contributed by atoms with Gasteiger partial charge in [0.15, 0.2) is 0 Å². The van der Waals surface area contributed by atoms with Gasteiger partial charge in [-0.05, 0) is 64.2 Å². The Kier molecular flexibility index (Phi) is 5.37. The summed E-state index contributed by atoms with van der Waals surface area (Å²) in [5, 5.41) is 1.89. The number of furan rings is 1. The lowest BCUT2D eigenvalue weighted by Gasteiger charge is -2.30. The minimum absolute atomic E-state index is 0.0187. The molecule has 1 aromatic carbocycles. The third-order valence-electron chi connectivity index (χ3n) is 6.78. The van der Waals surface area contributed by atoms with Gasteiger partial charge in [0.1, 0.15) is 16.9 Å². The first-order valence-corrected chi connectivity index (χ1v) is 10.7. The van der Waals surface area contributed by atoms with Gasteiger partial charge in [0, 0.05) is 47.3 Å². The predicted octanol–water partition coefficient (Wildman–Crippen LogP) is 3.43. The molecule has 2 aromatic heterocycles. The average molecular weight is 424 g/mol. The Morgan fingerprint density at radius 1 is 1.00 bits per heavy atom. The molecule has 7 nitrogen and oxygen atoms in total. The molecule has 1 saturated heterocycles. The zero-order chi connectivity index (χ0) is 22.4. The molecule has 2 amide bonds. The highest BCUT2D eigenvalue weighted by molar-refractivity contribution is 6.00. The quantitative estimate of drug-likeness (QED) is 0.646. The second-order valence-corrected chi connectivity index (χ2v) is 8.59. The smallest absolute Gasteiger partial charge is 0.339 e. The predicted molar refractivity (Wildman–Crippen MR) is 118 cm³/mol. The summed E-state index contributed by atoms with van der Waals surface area (Å²) >= 11 is 0. The van der Waals surface area contributed by atoms with Crippen LogP contribution in [0.5, 0.6) is 0 Å².